The molecule has 3 aromatic carbocycles. The minimum atomic E-state index is -0.958. The van der Waals surface area contributed by atoms with E-state index >= 15 is 0 Å². The first-order valence-corrected chi connectivity index (χ1v) is 12.1. The van der Waals surface area contributed by atoms with Gasteiger partial charge in [-0.1, -0.05) is 47.7 Å². The van der Waals surface area contributed by atoms with Gasteiger partial charge in [-0.2, -0.15) is 0 Å². The van der Waals surface area contributed by atoms with Crippen LogP contribution in [0.3, 0.4) is 0 Å². The van der Waals surface area contributed by atoms with Gasteiger partial charge < -0.3 is 14.6 Å². The Labute approximate surface area is 209 Å². The number of aliphatic hydroxyl groups is 1. The molecule has 36 heavy (non-hydrogen) atoms. The summed E-state index contributed by atoms with van der Waals surface area (Å²) in [4.78, 5) is 33.2. The van der Waals surface area contributed by atoms with Gasteiger partial charge >= 0.3 is 0 Å². The average molecular weight is 497 g/mol. The van der Waals surface area contributed by atoms with E-state index in [1.54, 1.807) is 30.3 Å². The summed E-state index contributed by atoms with van der Waals surface area (Å²) < 4.78 is 6.67. The highest BCUT2D eigenvalue weighted by atomic mass is 32.1. The van der Waals surface area contributed by atoms with Gasteiger partial charge in [-0.15, -0.1) is 0 Å². The fraction of sp³-hybridized carbons (Fsp3) is 0.107. The van der Waals surface area contributed by atoms with E-state index in [9.17, 15) is 19.8 Å². The number of phenols is 1. The number of amides is 1. The highest BCUT2D eigenvalue weighted by Crippen LogP contribution is 2.45. The molecular weight excluding hydrogens is 476 g/mol. The fourth-order valence-corrected chi connectivity index (χ4v) is 5.86. The number of ketones is 1. The van der Waals surface area contributed by atoms with Gasteiger partial charge in [0.15, 0.2) is 16.7 Å². The number of aromatic nitrogens is 1. The van der Waals surface area contributed by atoms with Gasteiger partial charge in [0.05, 0.1) is 21.8 Å². The maximum Gasteiger partial charge on any atom is 0.296 e. The summed E-state index contributed by atoms with van der Waals surface area (Å²) in [6, 6.07) is 18.0. The van der Waals surface area contributed by atoms with E-state index in [1.807, 2.05) is 38.1 Å². The predicted molar refractivity (Wildman–Crippen MR) is 138 cm³/mol. The number of thiazole rings is 1. The van der Waals surface area contributed by atoms with Gasteiger partial charge in [0.2, 0.25) is 5.78 Å². The Kier molecular flexibility index (Phi) is 4.94. The zero-order valence-electron chi connectivity index (χ0n) is 19.4. The molecule has 2 aromatic heterocycles. The number of nitrogens with zero attached hydrogens (tertiary/aromatic N) is 2. The zero-order chi connectivity index (χ0) is 25.1. The van der Waals surface area contributed by atoms with E-state index in [4.69, 9.17) is 9.40 Å². The fourth-order valence-electron chi connectivity index (χ4n) is 4.69. The first-order valence-electron chi connectivity index (χ1n) is 11.3. The smallest absolute Gasteiger partial charge is 0.296 e. The summed E-state index contributed by atoms with van der Waals surface area (Å²) in [7, 11) is 0. The van der Waals surface area contributed by atoms with E-state index in [0.29, 0.717) is 16.3 Å². The molecule has 1 aliphatic heterocycles. The number of benzene rings is 3. The Hall–Kier alpha value is -4.43. The van der Waals surface area contributed by atoms with Crippen molar-refractivity contribution in [2.45, 2.75) is 19.9 Å². The molecule has 0 bridgehead atoms. The minimum Gasteiger partial charge on any atom is -0.508 e. The second-order valence-electron chi connectivity index (χ2n) is 8.83. The second-order valence-corrected chi connectivity index (χ2v) is 9.84. The summed E-state index contributed by atoms with van der Waals surface area (Å²) in [6.45, 7) is 3.94. The third-order valence-electron chi connectivity index (χ3n) is 6.34. The van der Waals surface area contributed by atoms with Gasteiger partial charge in [-0.25, -0.2) is 4.98 Å². The number of aliphatic hydroxyl groups excluding tert-OH is 1. The molecule has 1 atom stereocenters. The Morgan fingerprint density at radius 3 is 2.53 bits per heavy atom. The number of carbonyl (C=O) groups is 2. The number of carbonyl (C=O) groups excluding carboxylic acids is 2. The first-order chi connectivity index (χ1) is 17.3. The van der Waals surface area contributed by atoms with E-state index < -0.39 is 23.5 Å². The van der Waals surface area contributed by atoms with Gasteiger partial charge in [-0.05, 0) is 60.9 Å². The normalized spacial score (nSPS) is 16.0. The molecule has 0 saturated heterocycles. The van der Waals surface area contributed by atoms with Crippen molar-refractivity contribution < 1.29 is 24.2 Å². The summed E-state index contributed by atoms with van der Waals surface area (Å²) in [5, 5.41) is 21.9. The molecule has 178 valence electrons. The molecule has 8 heteroatoms. The highest BCUT2D eigenvalue weighted by Gasteiger charge is 2.46. The molecule has 1 aliphatic rings. The van der Waals surface area contributed by atoms with Gasteiger partial charge in [0.1, 0.15) is 11.3 Å². The monoisotopic (exact) mass is 496 g/mol. The maximum atomic E-state index is 13.7. The van der Waals surface area contributed by atoms with Crippen molar-refractivity contribution in [3.05, 3.63) is 101 Å². The Morgan fingerprint density at radius 1 is 1.03 bits per heavy atom. The lowest BCUT2D eigenvalue weighted by Gasteiger charge is -2.24. The largest absolute Gasteiger partial charge is 0.508 e. The lowest BCUT2D eigenvalue weighted by Crippen LogP contribution is -2.30. The molecule has 0 saturated carbocycles. The molecule has 0 spiro atoms. The topological polar surface area (TPSA) is 104 Å². The first kappa shape index (κ1) is 22.1. The van der Waals surface area contributed by atoms with Gasteiger partial charge in [-0.3, -0.25) is 14.5 Å². The summed E-state index contributed by atoms with van der Waals surface area (Å²) in [5.74, 6) is -1.90. The molecule has 5 aromatic rings. The van der Waals surface area contributed by atoms with E-state index in [-0.39, 0.29) is 17.1 Å². The quantitative estimate of drug-likeness (QED) is 0.289. The predicted octanol–water partition coefficient (Wildman–Crippen LogP) is 6.15. The lowest BCUT2D eigenvalue weighted by atomic mass is 9.95. The van der Waals surface area contributed by atoms with Crippen LogP contribution in [0.2, 0.25) is 0 Å². The molecule has 0 radical (unpaired) electrons. The number of para-hydroxylation sites is 1. The van der Waals surface area contributed by atoms with Gasteiger partial charge in [0, 0.05) is 5.39 Å². The lowest BCUT2D eigenvalue weighted by molar-refractivity contribution is -0.117. The number of hydrogen-bond donors (Lipinski definition) is 2. The molecular formula is C28H20N2O5S. The van der Waals surface area contributed by atoms with Crippen LogP contribution in [0, 0.1) is 13.8 Å². The third kappa shape index (κ3) is 3.37. The average Bonchev–Trinajstić information content (AvgIpc) is 3.54. The van der Waals surface area contributed by atoms with Crippen LogP contribution in [0.25, 0.3) is 21.2 Å². The van der Waals surface area contributed by atoms with Gasteiger partial charge in [0.25, 0.3) is 5.91 Å². The molecule has 6 rings (SSSR count). The highest BCUT2D eigenvalue weighted by molar-refractivity contribution is 7.22. The van der Waals surface area contributed by atoms with Crippen LogP contribution in [-0.4, -0.2) is 26.9 Å². The number of fused-ring (bicyclic) bond motifs is 2. The number of furan rings is 1. The summed E-state index contributed by atoms with van der Waals surface area (Å²) in [5.41, 5.74) is 3.76. The molecule has 1 unspecified atom stereocenters. The Bertz CT molecular complexity index is 1700. The standard InChI is InChI=1S/C28H20N2O5S/c1-14-11-15(2)23-21(12-14)36-28(29-23)30-24(16-7-9-18(31)10-8-16)22(26(33)27(30)34)25(32)20-13-17-5-3-4-6-19(17)35-20/h3-13,24,31,33H,1-2H3. The maximum absolute atomic E-state index is 13.7. The van der Waals surface area contributed by atoms with E-state index in [1.165, 1.54) is 28.4 Å². The minimum absolute atomic E-state index is 0.0203. The van der Waals surface area contributed by atoms with Crippen LogP contribution < -0.4 is 4.90 Å². The SMILES string of the molecule is Cc1cc(C)c2nc(N3C(=O)C(O)=C(C(=O)c4cc5ccccc5o4)C3c3ccc(O)cc3)sc2c1. The Balaban J connectivity index is 1.52. The molecule has 1 amide bonds. The van der Waals surface area contributed by atoms with Crippen molar-refractivity contribution in [1.29, 1.82) is 0 Å². The van der Waals surface area contributed by atoms with Crippen LogP contribution in [0.4, 0.5) is 5.13 Å². The van der Waals surface area contributed by atoms with Crippen molar-refractivity contribution in [2.75, 3.05) is 4.90 Å². The molecule has 0 fully saturated rings. The van der Waals surface area contributed by atoms with Crippen LogP contribution in [0.1, 0.15) is 33.3 Å². The number of hydrogen-bond acceptors (Lipinski definition) is 7. The van der Waals surface area contributed by atoms with E-state index in [0.717, 1.165) is 26.7 Å². The Morgan fingerprint density at radius 2 is 1.78 bits per heavy atom. The number of rotatable bonds is 4. The van der Waals surface area contributed by atoms with E-state index in [2.05, 4.69) is 0 Å². The third-order valence-corrected chi connectivity index (χ3v) is 7.34. The number of anilines is 1. The van der Waals surface area contributed by atoms with Crippen molar-refractivity contribution in [3.63, 3.8) is 0 Å². The molecule has 0 aliphatic carbocycles. The van der Waals surface area contributed by atoms with Crippen molar-refractivity contribution in [2.24, 2.45) is 0 Å². The van der Waals surface area contributed by atoms with Crippen LogP contribution in [0.5, 0.6) is 5.75 Å². The zero-order valence-corrected chi connectivity index (χ0v) is 20.2. The number of phenolic OH excluding ortho intramolecular Hbond substituents is 1. The van der Waals surface area contributed by atoms with Crippen molar-refractivity contribution in [1.82, 2.24) is 4.98 Å². The van der Waals surface area contributed by atoms with Crippen molar-refractivity contribution >= 4 is 49.3 Å². The van der Waals surface area contributed by atoms with Crippen molar-refractivity contribution in [3.8, 4) is 5.75 Å². The molecule has 2 N–H and O–H groups in total. The van der Waals surface area contributed by atoms with Crippen LogP contribution >= 0.6 is 11.3 Å². The molecule has 7 nitrogen and oxygen atoms in total. The second kappa shape index (κ2) is 8.07. The number of Topliss-reactive ketones (excluding diaryl/α,β-unsaturated/α-hetero) is 1. The summed E-state index contributed by atoms with van der Waals surface area (Å²) >= 11 is 1.32. The summed E-state index contributed by atoms with van der Waals surface area (Å²) in [6.07, 6.45) is 0. The molecule has 3 heterocycles. The number of aryl methyl sites for hydroxylation is 2. The van der Waals surface area contributed by atoms with Crippen LogP contribution in [-0.2, 0) is 4.79 Å². The number of aromatic hydroxyl groups is 1. The van der Waals surface area contributed by atoms with Crippen LogP contribution in [0.15, 0.2) is 82.5 Å².